The highest BCUT2D eigenvalue weighted by Gasteiger charge is 2.40. The van der Waals surface area contributed by atoms with Crippen molar-refractivity contribution in [2.45, 2.75) is 58.3 Å². The quantitative estimate of drug-likeness (QED) is 0.720. The maximum Gasteiger partial charge on any atom is 0.283 e. The van der Waals surface area contributed by atoms with Crippen LogP contribution in [0.25, 0.3) is 0 Å². The maximum absolute atomic E-state index is 5.76. The van der Waals surface area contributed by atoms with Crippen LogP contribution in [0.15, 0.2) is 4.52 Å². The normalized spacial score (nSPS) is 26.4. The van der Waals surface area contributed by atoms with Crippen LogP contribution in [0.4, 0.5) is 0 Å². The molecule has 1 aromatic rings. The van der Waals surface area contributed by atoms with Gasteiger partial charge in [0.2, 0.25) is 12.1 Å². The molecule has 0 spiro atoms. The Labute approximate surface area is 126 Å². The minimum atomic E-state index is -0.599. The molecular weight excluding hydrogens is 272 g/mol. The van der Waals surface area contributed by atoms with Crippen molar-refractivity contribution >= 4 is 0 Å². The number of methoxy groups -OCH3 is 1. The van der Waals surface area contributed by atoms with Gasteiger partial charge in [-0.3, -0.25) is 0 Å². The number of rotatable bonds is 7. The zero-order chi connectivity index (χ0) is 15.3. The third kappa shape index (κ3) is 3.62. The van der Waals surface area contributed by atoms with Crippen molar-refractivity contribution in [3.8, 4) is 0 Å². The summed E-state index contributed by atoms with van der Waals surface area (Å²) in [5.74, 6) is 1.69. The molecule has 0 radical (unpaired) electrons. The minimum Gasteiger partial charge on any atom is -0.370 e. The summed E-state index contributed by atoms with van der Waals surface area (Å²) in [7, 11) is 1.72. The molecule has 0 atom stereocenters. The molecule has 1 aliphatic rings. The largest absolute Gasteiger partial charge is 0.370 e. The van der Waals surface area contributed by atoms with E-state index in [9.17, 15) is 0 Å². The molecule has 21 heavy (non-hydrogen) atoms. The van der Waals surface area contributed by atoms with E-state index in [2.05, 4.69) is 17.1 Å². The molecule has 120 valence electrons. The molecule has 6 heteroatoms. The third-order valence-electron chi connectivity index (χ3n) is 4.16. The lowest BCUT2D eigenvalue weighted by Gasteiger charge is -2.35. The Morgan fingerprint density at radius 1 is 1.24 bits per heavy atom. The summed E-state index contributed by atoms with van der Waals surface area (Å²) in [6.07, 6.45) is 3.45. The molecule has 0 N–H and O–H groups in total. The Kier molecular flexibility index (Phi) is 5.72. The van der Waals surface area contributed by atoms with Crippen molar-refractivity contribution in [2.75, 3.05) is 20.3 Å². The summed E-state index contributed by atoms with van der Waals surface area (Å²) >= 11 is 0. The van der Waals surface area contributed by atoms with Gasteiger partial charge in [0.25, 0.3) is 5.89 Å². The van der Waals surface area contributed by atoms with Crippen LogP contribution in [-0.4, -0.2) is 30.5 Å². The Hall–Kier alpha value is -0.980. The average Bonchev–Trinajstić information content (AvgIpc) is 2.99. The third-order valence-corrected chi connectivity index (χ3v) is 4.16. The van der Waals surface area contributed by atoms with E-state index in [0.717, 1.165) is 31.6 Å². The van der Waals surface area contributed by atoms with E-state index < -0.39 is 11.9 Å². The van der Waals surface area contributed by atoms with Gasteiger partial charge in [-0.2, -0.15) is 4.98 Å². The Morgan fingerprint density at radius 2 is 1.86 bits per heavy atom. The molecule has 0 amide bonds. The highest BCUT2D eigenvalue weighted by molar-refractivity contribution is 5.04. The van der Waals surface area contributed by atoms with Crippen LogP contribution < -0.4 is 0 Å². The first-order valence-corrected chi connectivity index (χ1v) is 7.77. The summed E-state index contributed by atoms with van der Waals surface area (Å²) in [5.41, 5.74) is -0.433. The van der Waals surface area contributed by atoms with Crippen molar-refractivity contribution in [3.63, 3.8) is 0 Å². The van der Waals surface area contributed by atoms with E-state index in [4.69, 9.17) is 18.7 Å². The smallest absolute Gasteiger partial charge is 0.283 e. The number of hydrogen-bond acceptors (Lipinski definition) is 6. The first-order valence-electron chi connectivity index (χ1n) is 7.77. The van der Waals surface area contributed by atoms with Gasteiger partial charge < -0.3 is 18.7 Å². The lowest BCUT2D eigenvalue weighted by molar-refractivity contribution is -0.155. The van der Waals surface area contributed by atoms with Gasteiger partial charge >= 0.3 is 0 Å². The maximum atomic E-state index is 5.76. The molecular formula is C15H26N2O4. The number of hydrogen-bond donors (Lipinski definition) is 0. The predicted molar refractivity (Wildman–Crippen MR) is 76.6 cm³/mol. The summed E-state index contributed by atoms with van der Waals surface area (Å²) in [4.78, 5) is 4.49. The summed E-state index contributed by atoms with van der Waals surface area (Å²) < 4.78 is 22.1. The Morgan fingerprint density at radius 3 is 2.38 bits per heavy atom. The Balaban J connectivity index is 2.16. The zero-order valence-electron chi connectivity index (χ0n) is 13.4. The number of nitrogens with zero attached hydrogens (tertiary/aromatic N) is 2. The van der Waals surface area contributed by atoms with Gasteiger partial charge in [-0.1, -0.05) is 12.1 Å². The molecule has 1 fully saturated rings. The van der Waals surface area contributed by atoms with E-state index >= 15 is 0 Å². The lowest BCUT2D eigenvalue weighted by atomic mass is 9.79. The number of ether oxygens (including phenoxy) is 3. The molecule has 0 aliphatic heterocycles. The number of aromatic nitrogens is 2. The van der Waals surface area contributed by atoms with Crippen LogP contribution in [-0.2, 0) is 19.8 Å². The highest BCUT2D eigenvalue weighted by atomic mass is 16.7. The predicted octanol–water partition coefficient (Wildman–Crippen LogP) is 3.19. The molecule has 1 saturated carbocycles. The second-order valence-corrected chi connectivity index (χ2v) is 5.58. The zero-order valence-corrected chi connectivity index (χ0v) is 13.4. The van der Waals surface area contributed by atoms with Gasteiger partial charge in [0.05, 0.1) is 0 Å². The van der Waals surface area contributed by atoms with Crippen molar-refractivity contribution in [2.24, 2.45) is 5.92 Å². The van der Waals surface area contributed by atoms with Crippen LogP contribution in [0.3, 0.4) is 0 Å². The van der Waals surface area contributed by atoms with E-state index in [1.54, 1.807) is 7.11 Å². The van der Waals surface area contributed by atoms with Gasteiger partial charge in [0.15, 0.2) is 0 Å². The van der Waals surface area contributed by atoms with E-state index in [1.807, 2.05) is 13.8 Å². The lowest BCUT2D eigenvalue weighted by Crippen LogP contribution is -2.34. The molecule has 0 unspecified atom stereocenters. The van der Waals surface area contributed by atoms with Crippen molar-refractivity contribution in [1.82, 2.24) is 10.1 Å². The fourth-order valence-electron chi connectivity index (χ4n) is 2.76. The minimum absolute atomic E-state index is 0.365. The van der Waals surface area contributed by atoms with E-state index in [1.165, 1.54) is 0 Å². The van der Waals surface area contributed by atoms with Crippen LogP contribution in [0.5, 0.6) is 0 Å². The fourth-order valence-corrected chi connectivity index (χ4v) is 2.76. The molecule has 0 bridgehead atoms. The van der Waals surface area contributed by atoms with Crippen molar-refractivity contribution in [1.29, 1.82) is 0 Å². The first-order chi connectivity index (χ1) is 10.1. The summed E-state index contributed by atoms with van der Waals surface area (Å²) in [6, 6.07) is 0. The van der Waals surface area contributed by atoms with Crippen molar-refractivity contribution in [3.05, 3.63) is 11.7 Å². The fraction of sp³-hybridized carbons (Fsp3) is 0.867. The second kappa shape index (κ2) is 7.33. The monoisotopic (exact) mass is 298 g/mol. The second-order valence-electron chi connectivity index (χ2n) is 5.58. The molecule has 1 aromatic heterocycles. The summed E-state index contributed by atoms with van der Waals surface area (Å²) in [6.45, 7) is 7.12. The van der Waals surface area contributed by atoms with Crippen LogP contribution in [0, 0.1) is 5.92 Å². The molecule has 0 saturated heterocycles. The molecule has 1 heterocycles. The van der Waals surface area contributed by atoms with Gasteiger partial charge in [0, 0.05) is 20.3 Å². The first kappa shape index (κ1) is 16.4. The van der Waals surface area contributed by atoms with Gasteiger partial charge in [-0.05, 0) is 45.4 Å². The van der Waals surface area contributed by atoms with Crippen molar-refractivity contribution < 1.29 is 18.7 Å². The van der Waals surface area contributed by atoms with E-state index in [0.29, 0.717) is 24.9 Å². The van der Waals surface area contributed by atoms with Crippen LogP contribution in [0.1, 0.15) is 64.5 Å². The standard InChI is InChI=1S/C15H26N2O4/c1-5-19-13(20-6-2)12-16-14(17-21-12)15(18-4)9-7-11(3)8-10-15/h11,13H,5-10H2,1-4H3. The highest BCUT2D eigenvalue weighted by Crippen LogP contribution is 2.41. The topological polar surface area (TPSA) is 66.6 Å². The SMILES string of the molecule is CCOC(OCC)c1nc(C2(OC)CCC(C)CC2)no1. The van der Waals surface area contributed by atoms with Gasteiger partial charge in [-0.15, -0.1) is 0 Å². The molecule has 0 aromatic carbocycles. The average molecular weight is 298 g/mol. The Bertz CT molecular complexity index is 421. The van der Waals surface area contributed by atoms with E-state index in [-0.39, 0.29) is 0 Å². The summed E-state index contributed by atoms with van der Waals surface area (Å²) in [5, 5.41) is 4.12. The van der Waals surface area contributed by atoms with Gasteiger partial charge in [-0.25, -0.2) is 0 Å². The van der Waals surface area contributed by atoms with Gasteiger partial charge in [0.1, 0.15) is 5.60 Å². The van der Waals surface area contributed by atoms with Crippen LogP contribution in [0.2, 0.25) is 0 Å². The molecule has 1 aliphatic carbocycles. The van der Waals surface area contributed by atoms with Crippen LogP contribution >= 0.6 is 0 Å². The molecule has 6 nitrogen and oxygen atoms in total. The molecule has 2 rings (SSSR count).